The molecule has 0 N–H and O–H groups in total. The Morgan fingerprint density at radius 1 is 0.422 bits per heavy atom. The van der Waals surface area contributed by atoms with Crippen molar-refractivity contribution in [1.29, 1.82) is 0 Å². The number of nitrogens with zero attached hydrogens (tertiary/aromatic N) is 4. The number of benzene rings is 8. The SMILES string of the molecule is CC(C)c1cc(C(C)C)c(-c2cc3c4c(c2)-n2c5ccccc5n5c6c(ccc7c8ccccc8n(-c8ccccc8)c76)c(c25)B4c2ccccc2N3c2ccccc2)c(C(C)C)c1. The lowest BCUT2D eigenvalue weighted by Crippen LogP contribution is -2.60. The van der Waals surface area contributed by atoms with Crippen LogP contribution in [0.1, 0.15) is 76.0 Å². The molecule has 0 unspecified atom stereocenters. The van der Waals surface area contributed by atoms with Crippen molar-refractivity contribution in [2.75, 3.05) is 4.90 Å². The average Bonchev–Trinajstić information content (AvgIpc) is 3.97. The van der Waals surface area contributed by atoms with E-state index in [0.29, 0.717) is 17.8 Å². The molecule has 0 saturated carbocycles. The van der Waals surface area contributed by atoms with E-state index in [4.69, 9.17) is 0 Å². The van der Waals surface area contributed by atoms with Crippen molar-refractivity contribution in [1.82, 2.24) is 13.5 Å². The first kappa shape index (κ1) is 37.3. The van der Waals surface area contributed by atoms with Crippen molar-refractivity contribution < 1.29 is 0 Å². The van der Waals surface area contributed by atoms with Crippen LogP contribution in [0.2, 0.25) is 0 Å². The number of hydrogen-bond donors (Lipinski definition) is 0. The van der Waals surface area contributed by atoms with Crippen molar-refractivity contribution >= 4 is 89.6 Å². The third-order valence-corrected chi connectivity index (χ3v) is 14.5. The van der Waals surface area contributed by atoms with E-state index in [1.807, 2.05) is 0 Å². The van der Waals surface area contributed by atoms with Crippen LogP contribution >= 0.6 is 0 Å². The number of hydrogen-bond acceptors (Lipinski definition) is 1. The van der Waals surface area contributed by atoms with Gasteiger partial charge in [-0.1, -0.05) is 151 Å². The van der Waals surface area contributed by atoms with E-state index < -0.39 is 0 Å². The summed E-state index contributed by atoms with van der Waals surface area (Å²) < 4.78 is 7.77. The van der Waals surface area contributed by atoms with Crippen molar-refractivity contribution in [3.8, 4) is 22.5 Å². The molecular formula is C59H49BN4. The molecular weight excluding hydrogens is 775 g/mol. The van der Waals surface area contributed by atoms with Crippen LogP contribution in [0.4, 0.5) is 17.1 Å². The summed E-state index contributed by atoms with van der Waals surface area (Å²) in [6.07, 6.45) is 0. The van der Waals surface area contributed by atoms with E-state index in [1.54, 1.807) is 0 Å². The Morgan fingerprint density at radius 2 is 1.02 bits per heavy atom. The van der Waals surface area contributed by atoms with Gasteiger partial charge in [-0.25, -0.2) is 0 Å². The van der Waals surface area contributed by atoms with Gasteiger partial charge < -0.3 is 9.47 Å². The number of aromatic nitrogens is 3. The van der Waals surface area contributed by atoms with Crippen LogP contribution in [0, 0.1) is 0 Å². The molecule has 5 heteroatoms. The molecule has 5 heterocycles. The molecule has 0 spiro atoms. The largest absolute Gasteiger partial charge is 0.311 e. The van der Waals surface area contributed by atoms with E-state index in [1.165, 1.54) is 122 Å². The first-order valence-corrected chi connectivity index (χ1v) is 23.2. The van der Waals surface area contributed by atoms with E-state index in [2.05, 4.69) is 230 Å². The fourth-order valence-electron chi connectivity index (χ4n) is 11.7. The first-order valence-electron chi connectivity index (χ1n) is 23.2. The highest BCUT2D eigenvalue weighted by atomic mass is 15.2. The van der Waals surface area contributed by atoms with Crippen molar-refractivity contribution in [3.63, 3.8) is 0 Å². The smallest absolute Gasteiger partial charge is 0.255 e. The van der Waals surface area contributed by atoms with Gasteiger partial charge >= 0.3 is 0 Å². The van der Waals surface area contributed by atoms with Gasteiger partial charge in [0, 0.05) is 39.2 Å². The summed E-state index contributed by atoms with van der Waals surface area (Å²) in [5, 5.41) is 3.82. The summed E-state index contributed by atoms with van der Waals surface area (Å²) in [5.41, 5.74) is 24.4. The highest BCUT2D eigenvalue weighted by molar-refractivity contribution is 7.01. The molecule has 4 nitrogen and oxygen atoms in total. The molecule has 11 aromatic rings. The molecule has 0 atom stereocenters. The molecule has 308 valence electrons. The Morgan fingerprint density at radius 3 is 1.72 bits per heavy atom. The third-order valence-electron chi connectivity index (χ3n) is 14.5. The molecule has 64 heavy (non-hydrogen) atoms. The summed E-state index contributed by atoms with van der Waals surface area (Å²) in [7, 11) is 0. The number of rotatable bonds is 6. The molecule has 8 aromatic carbocycles. The van der Waals surface area contributed by atoms with E-state index in [9.17, 15) is 0 Å². The maximum absolute atomic E-state index is 2.63. The summed E-state index contributed by atoms with van der Waals surface area (Å²) in [6.45, 7) is 14.1. The highest BCUT2D eigenvalue weighted by Crippen LogP contribution is 2.47. The van der Waals surface area contributed by atoms with E-state index in [0.717, 1.165) is 0 Å². The highest BCUT2D eigenvalue weighted by Gasteiger charge is 2.45. The van der Waals surface area contributed by atoms with Gasteiger partial charge in [-0.15, -0.1) is 0 Å². The summed E-state index contributed by atoms with van der Waals surface area (Å²) in [5.74, 6) is 1.13. The number of fused-ring (bicyclic) bond motifs is 14. The zero-order chi connectivity index (χ0) is 43.1. The van der Waals surface area contributed by atoms with Crippen LogP contribution in [0.25, 0.3) is 71.9 Å². The monoisotopic (exact) mass is 824 g/mol. The molecule has 2 aliphatic heterocycles. The van der Waals surface area contributed by atoms with E-state index >= 15 is 0 Å². The van der Waals surface area contributed by atoms with Gasteiger partial charge in [0.05, 0.1) is 27.6 Å². The topological polar surface area (TPSA) is 17.5 Å². The van der Waals surface area contributed by atoms with Crippen LogP contribution in [-0.2, 0) is 0 Å². The lowest BCUT2D eigenvalue weighted by molar-refractivity contribution is 0.807. The number of imidazole rings is 1. The second-order valence-electron chi connectivity index (χ2n) is 19.1. The zero-order valence-corrected chi connectivity index (χ0v) is 37.3. The molecule has 2 aliphatic rings. The maximum atomic E-state index is 2.63. The predicted octanol–water partition coefficient (Wildman–Crippen LogP) is 13.8. The standard InChI is InChI=1S/C59H49BN4/c1-35(2)38-31-45(36(3)4)54(46(32-38)37(5)6)39-33-52-56-53(34-39)63-50-27-17-18-28-51(50)64-58-44(30-29-43-42-23-13-15-25-48(42)62(57(43)58)41-21-11-8-12-22-41)55(59(63)64)60(56)47-24-14-16-26-49(47)61(52)40-19-9-7-10-20-40/h7-37H,1-6H3. The van der Waals surface area contributed by atoms with Crippen LogP contribution in [0.3, 0.4) is 0 Å². The Kier molecular flexibility index (Phi) is 7.95. The van der Waals surface area contributed by atoms with Crippen LogP contribution in [-0.4, -0.2) is 20.2 Å². The Hall–Kier alpha value is -7.24. The number of anilines is 3. The summed E-state index contributed by atoms with van der Waals surface area (Å²) >= 11 is 0. The molecule has 0 amide bonds. The van der Waals surface area contributed by atoms with Gasteiger partial charge in [0.1, 0.15) is 5.65 Å². The predicted molar refractivity (Wildman–Crippen MR) is 273 cm³/mol. The minimum atomic E-state index is -0.0102. The van der Waals surface area contributed by atoms with Crippen molar-refractivity contribution in [3.05, 3.63) is 187 Å². The van der Waals surface area contributed by atoms with E-state index in [-0.39, 0.29) is 6.71 Å². The van der Waals surface area contributed by atoms with Gasteiger partial charge in [-0.3, -0.25) is 8.97 Å². The zero-order valence-electron chi connectivity index (χ0n) is 37.3. The average molecular weight is 825 g/mol. The summed E-state index contributed by atoms with van der Waals surface area (Å²) in [4.78, 5) is 2.55. The second kappa shape index (κ2) is 13.6. The quantitative estimate of drug-likeness (QED) is 0.153. The first-order chi connectivity index (χ1) is 31.3. The Balaban J connectivity index is 1.25. The van der Waals surface area contributed by atoms with Gasteiger partial charge in [0.2, 0.25) is 0 Å². The lowest BCUT2D eigenvalue weighted by atomic mass is 9.34. The fraction of sp³-hybridized carbons (Fsp3) is 0.153. The fourth-order valence-corrected chi connectivity index (χ4v) is 11.7. The maximum Gasteiger partial charge on any atom is 0.255 e. The minimum Gasteiger partial charge on any atom is -0.311 e. The van der Waals surface area contributed by atoms with Gasteiger partial charge in [-0.05, 0) is 128 Å². The summed E-state index contributed by atoms with van der Waals surface area (Å²) in [6, 6.07) is 64.2. The second-order valence-corrected chi connectivity index (χ2v) is 19.1. The van der Waals surface area contributed by atoms with Gasteiger partial charge in [-0.2, -0.15) is 0 Å². The molecule has 0 bridgehead atoms. The van der Waals surface area contributed by atoms with Crippen molar-refractivity contribution in [2.45, 2.75) is 59.3 Å². The normalized spacial score (nSPS) is 13.2. The third kappa shape index (κ3) is 4.95. The molecule has 0 aliphatic carbocycles. The molecule has 3 aromatic heterocycles. The van der Waals surface area contributed by atoms with Crippen molar-refractivity contribution in [2.24, 2.45) is 0 Å². The molecule has 0 saturated heterocycles. The minimum absolute atomic E-state index is 0.0102. The molecule has 0 radical (unpaired) electrons. The van der Waals surface area contributed by atoms with Gasteiger partial charge in [0.25, 0.3) is 6.71 Å². The number of para-hydroxylation sites is 6. The Labute approximate surface area is 374 Å². The molecule has 0 fully saturated rings. The van der Waals surface area contributed by atoms with Crippen LogP contribution < -0.4 is 21.3 Å². The Bertz CT molecular complexity index is 3690. The van der Waals surface area contributed by atoms with Crippen LogP contribution in [0.15, 0.2) is 170 Å². The van der Waals surface area contributed by atoms with Gasteiger partial charge in [0.15, 0.2) is 0 Å². The molecule has 13 rings (SSSR count). The van der Waals surface area contributed by atoms with Crippen LogP contribution in [0.5, 0.6) is 0 Å². The lowest BCUT2D eigenvalue weighted by Gasteiger charge is -2.40.